The topological polar surface area (TPSA) is 46.5 Å². The molecule has 0 saturated heterocycles. The van der Waals surface area contributed by atoms with E-state index in [4.69, 9.17) is 9.84 Å². The standard InChI is InChI=1S/C9H8BrFO3/c1-2-14-6-4-3-5(9(12)13)8(11)7(6)10/h3-4H,2H2,1H3,(H,12,13). The summed E-state index contributed by atoms with van der Waals surface area (Å²) in [4.78, 5) is 10.5. The second-order valence-electron chi connectivity index (χ2n) is 2.48. The van der Waals surface area contributed by atoms with Gasteiger partial charge in [-0.25, -0.2) is 9.18 Å². The molecule has 0 aliphatic rings. The maximum Gasteiger partial charge on any atom is 0.338 e. The number of aromatic carboxylic acids is 1. The van der Waals surface area contributed by atoms with Crippen LogP contribution in [0.2, 0.25) is 0 Å². The normalized spacial score (nSPS) is 9.93. The zero-order chi connectivity index (χ0) is 10.7. The van der Waals surface area contributed by atoms with Crippen LogP contribution in [0.5, 0.6) is 5.75 Å². The lowest BCUT2D eigenvalue weighted by molar-refractivity contribution is 0.0691. The fraction of sp³-hybridized carbons (Fsp3) is 0.222. The maximum atomic E-state index is 13.3. The molecule has 0 aromatic heterocycles. The van der Waals surface area contributed by atoms with Crippen molar-refractivity contribution in [2.75, 3.05) is 6.61 Å². The van der Waals surface area contributed by atoms with Gasteiger partial charge in [-0.1, -0.05) is 0 Å². The van der Waals surface area contributed by atoms with Crippen LogP contribution in [0.3, 0.4) is 0 Å². The number of halogens is 2. The number of ether oxygens (including phenoxy) is 1. The number of benzene rings is 1. The summed E-state index contributed by atoms with van der Waals surface area (Å²) < 4.78 is 18.4. The summed E-state index contributed by atoms with van der Waals surface area (Å²) in [7, 11) is 0. The highest BCUT2D eigenvalue weighted by molar-refractivity contribution is 9.10. The Hall–Kier alpha value is -1.10. The zero-order valence-electron chi connectivity index (χ0n) is 7.38. The Morgan fingerprint density at radius 3 is 2.79 bits per heavy atom. The Bertz CT molecular complexity index is 365. The van der Waals surface area contributed by atoms with E-state index in [1.807, 2.05) is 0 Å². The van der Waals surface area contributed by atoms with Crippen molar-refractivity contribution in [1.82, 2.24) is 0 Å². The summed E-state index contributed by atoms with van der Waals surface area (Å²) in [6.07, 6.45) is 0. The molecule has 0 fully saturated rings. The van der Waals surface area contributed by atoms with E-state index in [-0.39, 0.29) is 10.0 Å². The molecule has 1 aromatic carbocycles. The smallest absolute Gasteiger partial charge is 0.338 e. The summed E-state index contributed by atoms with van der Waals surface area (Å²) >= 11 is 2.94. The number of hydrogen-bond acceptors (Lipinski definition) is 2. The lowest BCUT2D eigenvalue weighted by Crippen LogP contribution is -2.03. The van der Waals surface area contributed by atoms with Gasteiger partial charge in [-0.2, -0.15) is 0 Å². The van der Waals surface area contributed by atoms with Gasteiger partial charge in [0.05, 0.1) is 16.6 Å². The zero-order valence-corrected chi connectivity index (χ0v) is 8.97. The van der Waals surface area contributed by atoms with Gasteiger partial charge in [0.15, 0.2) is 5.82 Å². The molecule has 0 aliphatic heterocycles. The van der Waals surface area contributed by atoms with E-state index in [2.05, 4.69) is 15.9 Å². The molecule has 0 bridgehead atoms. The van der Waals surface area contributed by atoms with Crippen LogP contribution in [-0.2, 0) is 0 Å². The second-order valence-corrected chi connectivity index (χ2v) is 3.27. The molecule has 3 nitrogen and oxygen atoms in total. The van der Waals surface area contributed by atoms with Crippen LogP contribution in [-0.4, -0.2) is 17.7 Å². The van der Waals surface area contributed by atoms with Gasteiger partial charge in [0.2, 0.25) is 0 Å². The molecular weight excluding hydrogens is 255 g/mol. The second kappa shape index (κ2) is 4.41. The first-order valence-electron chi connectivity index (χ1n) is 3.92. The average molecular weight is 263 g/mol. The Kier molecular flexibility index (Phi) is 3.46. The lowest BCUT2D eigenvalue weighted by atomic mass is 10.2. The minimum atomic E-state index is -1.30. The molecule has 1 N–H and O–H groups in total. The molecule has 0 atom stereocenters. The molecule has 1 aromatic rings. The summed E-state index contributed by atoms with van der Waals surface area (Å²) in [5.74, 6) is -1.82. The van der Waals surface area contributed by atoms with E-state index in [0.29, 0.717) is 12.4 Å². The van der Waals surface area contributed by atoms with Crippen LogP contribution in [0, 0.1) is 5.82 Å². The first-order chi connectivity index (χ1) is 6.57. The molecular formula is C9H8BrFO3. The molecule has 1 rings (SSSR count). The van der Waals surface area contributed by atoms with Crippen molar-refractivity contribution >= 4 is 21.9 Å². The third-order valence-electron chi connectivity index (χ3n) is 1.58. The van der Waals surface area contributed by atoms with E-state index < -0.39 is 11.8 Å². The minimum absolute atomic E-state index is 0.0410. The van der Waals surface area contributed by atoms with Crippen molar-refractivity contribution in [3.63, 3.8) is 0 Å². The molecule has 14 heavy (non-hydrogen) atoms. The van der Waals surface area contributed by atoms with Gasteiger partial charge in [0.1, 0.15) is 5.75 Å². The Morgan fingerprint density at radius 1 is 1.64 bits per heavy atom. The third-order valence-corrected chi connectivity index (χ3v) is 2.32. The van der Waals surface area contributed by atoms with E-state index >= 15 is 0 Å². The number of hydrogen-bond donors (Lipinski definition) is 1. The van der Waals surface area contributed by atoms with Gasteiger partial charge in [-0.05, 0) is 35.0 Å². The van der Waals surface area contributed by atoms with Crippen LogP contribution < -0.4 is 4.74 Å². The predicted molar refractivity (Wildman–Crippen MR) is 52.2 cm³/mol. The number of carboxylic acid groups (broad SMARTS) is 1. The average Bonchev–Trinajstić information content (AvgIpc) is 2.13. The summed E-state index contributed by atoms with van der Waals surface area (Å²) in [6, 6.07) is 2.59. The first kappa shape index (κ1) is 11.0. The van der Waals surface area contributed by atoms with Crippen LogP contribution in [0.25, 0.3) is 0 Å². The molecule has 0 spiro atoms. The van der Waals surface area contributed by atoms with Crippen LogP contribution in [0.4, 0.5) is 4.39 Å². The van der Waals surface area contributed by atoms with Crippen molar-refractivity contribution in [3.8, 4) is 5.75 Å². The van der Waals surface area contributed by atoms with Crippen LogP contribution >= 0.6 is 15.9 Å². The minimum Gasteiger partial charge on any atom is -0.493 e. The van der Waals surface area contributed by atoms with Crippen molar-refractivity contribution in [2.45, 2.75) is 6.92 Å². The van der Waals surface area contributed by atoms with E-state index in [1.54, 1.807) is 6.92 Å². The third kappa shape index (κ3) is 2.04. The molecule has 0 amide bonds. The Balaban J connectivity index is 3.19. The molecule has 0 radical (unpaired) electrons. The highest BCUT2D eigenvalue weighted by Crippen LogP contribution is 2.29. The molecule has 5 heteroatoms. The monoisotopic (exact) mass is 262 g/mol. The molecule has 0 saturated carbocycles. The van der Waals surface area contributed by atoms with Crippen LogP contribution in [0.15, 0.2) is 16.6 Å². The summed E-state index contributed by atoms with van der Waals surface area (Å²) in [5.41, 5.74) is -0.375. The molecule has 0 unspecified atom stereocenters. The highest BCUT2D eigenvalue weighted by atomic mass is 79.9. The van der Waals surface area contributed by atoms with Gasteiger partial charge in [0, 0.05) is 0 Å². The van der Waals surface area contributed by atoms with Crippen molar-refractivity contribution in [3.05, 3.63) is 28.0 Å². The van der Waals surface area contributed by atoms with E-state index in [9.17, 15) is 9.18 Å². The number of rotatable bonds is 3. The summed E-state index contributed by atoms with van der Waals surface area (Å²) in [5, 5.41) is 8.61. The molecule has 0 aliphatic carbocycles. The lowest BCUT2D eigenvalue weighted by Gasteiger charge is -2.07. The van der Waals surface area contributed by atoms with Gasteiger partial charge >= 0.3 is 5.97 Å². The van der Waals surface area contributed by atoms with Crippen LogP contribution in [0.1, 0.15) is 17.3 Å². The molecule has 0 heterocycles. The van der Waals surface area contributed by atoms with Gasteiger partial charge in [0.25, 0.3) is 0 Å². The fourth-order valence-corrected chi connectivity index (χ4v) is 1.42. The fourth-order valence-electron chi connectivity index (χ4n) is 0.964. The highest BCUT2D eigenvalue weighted by Gasteiger charge is 2.16. The predicted octanol–water partition coefficient (Wildman–Crippen LogP) is 2.69. The van der Waals surface area contributed by atoms with Crippen molar-refractivity contribution in [2.24, 2.45) is 0 Å². The SMILES string of the molecule is CCOc1ccc(C(=O)O)c(F)c1Br. The number of carbonyl (C=O) groups is 1. The summed E-state index contributed by atoms with van der Waals surface area (Å²) in [6.45, 7) is 2.15. The Morgan fingerprint density at radius 2 is 2.29 bits per heavy atom. The largest absolute Gasteiger partial charge is 0.493 e. The van der Waals surface area contributed by atoms with E-state index in [1.165, 1.54) is 12.1 Å². The quantitative estimate of drug-likeness (QED) is 0.911. The van der Waals surface area contributed by atoms with Crippen molar-refractivity contribution < 1.29 is 19.0 Å². The van der Waals surface area contributed by atoms with Crippen molar-refractivity contribution in [1.29, 1.82) is 0 Å². The Labute approximate surface area is 88.6 Å². The maximum absolute atomic E-state index is 13.3. The first-order valence-corrected chi connectivity index (χ1v) is 4.71. The number of carboxylic acids is 1. The van der Waals surface area contributed by atoms with Gasteiger partial charge in [-0.3, -0.25) is 0 Å². The van der Waals surface area contributed by atoms with E-state index in [0.717, 1.165) is 0 Å². The van der Waals surface area contributed by atoms with Gasteiger partial charge < -0.3 is 9.84 Å². The molecule has 76 valence electrons. The van der Waals surface area contributed by atoms with Gasteiger partial charge in [-0.15, -0.1) is 0 Å².